The lowest BCUT2D eigenvalue weighted by atomic mass is 10.0. The summed E-state index contributed by atoms with van der Waals surface area (Å²) in [6.07, 6.45) is 0. The van der Waals surface area contributed by atoms with Crippen LogP contribution >= 0.6 is 0 Å². The number of aromatic nitrogens is 1. The molecule has 0 aliphatic carbocycles. The highest BCUT2D eigenvalue weighted by molar-refractivity contribution is 5.97. The molecule has 0 saturated heterocycles. The smallest absolute Gasteiger partial charge is 0.342 e. The molecular formula is C18H20N4O3. The van der Waals surface area contributed by atoms with Crippen molar-refractivity contribution in [1.82, 2.24) is 4.57 Å². The Balaban J connectivity index is 2.89. The molecule has 2 aromatic rings. The van der Waals surface area contributed by atoms with Crippen LogP contribution in [0.5, 0.6) is 0 Å². The van der Waals surface area contributed by atoms with Crippen LogP contribution in [-0.2, 0) is 4.74 Å². The zero-order valence-electron chi connectivity index (χ0n) is 14.2. The van der Waals surface area contributed by atoms with Gasteiger partial charge in [0.05, 0.1) is 12.3 Å². The second-order valence-corrected chi connectivity index (χ2v) is 5.25. The molecule has 1 heterocycles. The largest absolute Gasteiger partial charge is 0.462 e. The van der Waals surface area contributed by atoms with Crippen LogP contribution in [0.2, 0.25) is 0 Å². The van der Waals surface area contributed by atoms with E-state index in [1.807, 2.05) is 12.1 Å². The second-order valence-electron chi connectivity index (χ2n) is 5.25. The highest BCUT2D eigenvalue weighted by atomic mass is 16.5. The normalized spacial score (nSPS) is 10.2. The van der Waals surface area contributed by atoms with Crippen molar-refractivity contribution in [1.29, 1.82) is 5.26 Å². The minimum atomic E-state index is -0.597. The van der Waals surface area contributed by atoms with Gasteiger partial charge >= 0.3 is 5.97 Å². The number of carbonyl (C=O) groups excluding carboxylic acids is 1. The Morgan fingerprint density at radius 1 is 1.36 bits per heavy atom. The standard InChI is InChI=1S/C18H20N4O3/c1-3-25-18(24)15-12(2)14(11-20)17(23)22(16(15)21-10-9-19)13-7-5-4-6-8-13/h4-8,21H,3,9-10,19H2,1-2H3. The van der Waals surface area contributed by atoms with Gasteiger partial charge in [-0.1, -0.05) is 18.2 Å². The van der Waals surface area contributed by atoms with E-state index in [0.29, 0.717) is 18.8 Å². The predicted molar refractivity (Wildman–Crippen MR) is 95.0 cm³/mol. The fourth-order valence-electron chi connectivity index (χ4n) is 2.55. The minimum Gasteiger partial charge on any atom is -0.462 e. The van der Waals surface area contributed by atoms with E-state index in [1.165, 1.54) is 4.57 Å². The van der Waals surface area contributed by atoms with Crippen LogP contribution in [0.4, 0.5) is 5.82 Å². The summed E-state index contributed by atoms with van der Waals surface area (Å²) in [5.74, 6) is -0.322. The maximum Gasteiger partial charge on any atom is 0.342 e. The van der Waals surface area contributed by atoms with E-state index in [2.05, 4.69) is 5.32 Å². The Morgan fingerprint density at radius 2 is 2.04 bits per heavy atom. The highest BCUT2D eigenvalue weighted by Crippen LogP contribution is 2.24. The van der Waals surface area contributed by atoms with Gasteiger partial charge < -0.3 is 15.8 Å². The molecule has 0 bridgehead atoms. The predicted octanol–water partition coefficient (Wildman–Crippen LogP) is 1.56. The van der Waals surface area contributed by atoms with Crippen molar-refractivity contribution in [2.24, 2.45) is 5.73 Å². The first-order chi connectivity index (χ1) is 12.1. The number of nitrogens with two attached hydrogens (primary N) is 1. The van der Waals surface area contributed by atoms with Crippen LogP contribution < -0.4 is 16.6 Å². The van der Waals surface area contributed by atoms with Crippen LogP contribution in [0.25, 0.3) is 5.69 Å². The summed E-state index contributed by atoms with van der Waals surface area (Å²) in [7, 11) is 0. The third kappa shape index (κ3) is 3.54. The zero-order chi connectivity index (χ0) is 18.4. The molecule has 0 unspecified atom stereocenters. The fourth-order valence-corrected chi connectivity index (χ4v) is 2.55. The molecule has 0 spiro atoms. The number of nitriles is 1. The van der Waals surface area contributed by atoms with E-state index in [1.54, 1.807) is 38.1 Å². The maximum absolute atomic E-state index is 12.9. The van der Waals surface area contributed by atoms with Crippen molar-refractivity contribution in [2.75, 3.05) is 25.0 Å². The summed E-state index contributed by atoms with van der Waals surface area (Å²) < 4.78 is 6.44. The summed E-state index contributed by atoms with van der Waals surface area (Å²) in [4.78, 5) is 25.3. The van der Waals surface area contributed by atoms with E-state index >= 15 is 0 Å². The number of carbonyl (C=O) groups is 1. The number of ether oxygens (including phenoxy) is 1. The molecule has 2 rings (SSSR count). The van der Waals surface area contributed by atoms with E-state index in [9.17, 15) is 14.9 Å². The molecule has 7 heteroatoms. The molecule has 0 aliphatic rings. The first kappa shape index (κ1) is 18.2. The van der Waals surface area contributed by atoms with Crippen molar-refractivity contribution in [3.8, 4) is 11.8 Å². The molecule has 0 aliphatic heterocycles. The summed E-state index contributed by atoms with van der Waals surface area (Å²) in [5, 5.41) is 12.4. The topological polar surface area (TPSA) is 110 Å². The van der Waals surface area contributed by atoms with Crippen LogP contribution in [0, 0.1) is 18.3 Å². The van der Waals surface area contributed by atoms with Gasteiger partial charge in [-0.2, -0.15) is 5.26 Å². The van der Waals surface area contributed by atoms with Gasteiger partial charge in [0.2, 0.25) is 0 Å². The third-order valence-corrected chi connectivity index (χ3v) is 3.67. The average molecular weight is 340 g/mol. The van der Waals surface area contributed by atoms with Crippen molar-refractivity contribution in [3.05, 3.63) is 57.4 Å². The number of rotatable bonds is 6. The Hall–Kier alpha value is -3.11. The lowest BCUT2D eigenvalue weighted by Gasteiger charge is -2.20. The molecule has 130 valence electrons. The molecule has 1 aromatic heterocycles. The van der Waals surface area contributed by atoms with Crippen LogP contribution in [0.1, 0.15) is 28.4 Å². The van der Waals surface area contributed by atoms with Gasteiger partial charge in [0.15, 0.2) is 0 Å². The first-order valence-corrected chi connectivity index (χ1v) is 7.93. The Bertz CT molecular complexity index is 867. The molecule has 0 fully saturated rings. The maximum atomic E-state index is 12.9. The van der Waals surface area contributed by atoms with E-state index < -0.39 is 11.5 Å². The quantitative estimate of drug-likeness (QED) is 0.772. The average Bonchev–Trinajstić information content (AvgIpc) is 2.61. The SMILES string of the molecule is CCOC(=O)c1c(C)c(C#N)c(=O)n(-c2ccccc2)c1NCCN. The van der Waals surface area contributed by atoms with Gasteiger partial charge in [-0.05, 0) is 31.5 Å². The van der Waals surface area contributed by atoms with Crippen LogP contribution in [0.3, 0.4) is 0 Å². The van der Waals surface area contributed by atoms with E-state index in [-0.39, 0.29) is 29.1 Å². The first-order valence-electron chi connectivity index (χ1n) is 7.93. The van der Waals surface area contributed by atoms with Crippen molar-refractivity contribution in [2.45, 2.75) is 13.8 Å². The van der Waals surface area contributed by atoms with Crippen molar-refractivity contribution < 1.29 is 9.53 Å². The van der Waals surface area contributed by atoms with E-state index in [4.69, 9.17) is 10.5 Å². The Labute approximate surface area is 145 Å². The fraction of sp³-hybridized carbons (Fsp3) is 0.278. The van der Waals surface area contributed by atoms with Crippen LogP contribution in [0.15, 0.2) is 35.1 Å². The minimum absolute atomic E-state index is 0.0924. The molecule has 0 atom stereocenters. The summed E-state index contributed by atoms with van der Waals surface area (Å²) in [6, 6.07) is 10.7. The van der Waals surface area contributed by atoms with Crippen LogP contribution in [-0.4, -0.2) is 30.2 Å². The second kappa shape index (κ2) is 8.13. The van der Waals surface area contributed by atoms with Crippen molar-refractivity contribution in [3.63, 3.8) is 0 Å². The molecule has 0 amide bonds. The third-order valence-electron chi connectivity index (χ3n) is 3.67. The number of benzene rings is 1. The van der Waals surface area contributed by atoms with Gasteiger partial charge in [0.1, 0.15) is 23.0 Å². The Kier molecular flexibility index (Phi) is 5.93. The molecule has 1 aromatic carbocycles. The lowest BCUT2D eigenvalue weighted by molar-refractivity contribution is 0.0526. The lowest BCUT2D eigenvalue weighted by Crippen LogP contribution is -2.30. The number of nitrogens with one attached hydrogen (secondary N) is 1. The molecule has 3 N–H and O–H groups in total. The van der Waals surface area contributed by atoms with Gasteiger partial charge in [-0.3, -0.25) is 9.36 Å². The molecular weight excluding hydrogens is 320 g/mol. The number of hydrogen-bond donors (Lipinski definition) is 2. The van der Waals surface area contributed by atoms with Gasteiger partial charge in [0.25, 0.3) is 5.56 Å². The monoisotopic (exact) mass is 340 g/mol. The number of esters is 1. The van der Waals surface area contributed by atoms with E-state index in [0.717, 1.165) is 0 Å². The molecule has 7 nitrogen and oxygen atoms in total. The van der Waals surface area contributed by atoms with Gasteiger partial charge in [0, 0.05) is 13.1 Å². The summed E-state index contributed by atoms with van der Waals surface area (Å²) in [5.41, 5.74) is 5.96. The summed E-state index contributed by atoms with van der Waals surface area (Å²) in [6.45, 7) is 4.10. The number of anilines is 1. The Morgan fingerprint density at radius 3 is 2.60 bits per heavy atom. The number of nitrogens with zero attached hydrogens (tertiary/aromatic N) is 2. The summed E-state index contributed by atoms with van der Waals surface area (Å²) >= 11 is 0. The number of para-hydroxylation sites is 1. The van der Waals surface area contributed by atoms with Gasteiger partial charge in [-0.25, -0.2) is 4.79 Å². The van der Waals surface area contributed by atoms with Gasteiger partial charge in [-0.15, -0.1) is 0 Å². The highest BCUT2D eigenvalue weighted by Gasteiger charge is 2.25. The number of hydrogen-bond acceptors (Lipinski definition) is 6. The zero-order valence-corrected chi connectivity index (χ0v) is 14.2. The molecule has 25 heavy (non-hydrogen) atoms. The van der Waals surface area contributed by atoms with Crippen molar-refractivity contribution >= 4 is 11.8 Å². The number of pyridine rings is 1. The molecule has 0 saturated carbocycles. The molecule has 0 radical (unpaired) electrons.